The fourth-order valence-electron chi connectivity index (χ4n) is 1.01. The van der Waals surface area contributed by atoms with E-state index in [9.17, 15) is 13.2 Å². The Morgan fingerprint density at radius 3 is 2.94 bits per heavy atom. The maximum Gasteiger partial charge on any atom is 0.305 e. The molecular weight excluding hydrogens is 234 g/mol. The maximum absolute atomic E-state index is 11.5. The second-order valence-corrected chi connectivity index (χ2v) is 4.73. The Morgan fingerprint density at radius 1 is 1.62 bits per heavy atom. The van der Waals surface area contributed by atoms with Gasteiger partial charge in [-0.15, -0.1) is 0 Å². The van der Waals surface area contributed by atoms with Gasteiger partial charge < -0.3 is 9.72 Å². The highest BCUT2D eigenvalue weighted by Crippen LogP contribution is 2.01. The van der Waals surface area contributed by atoms with Crippen LogP contribution in [0.2, 0.25) is 0 Å². The van der Waals surface area contributed by atoms with Crippen LogP contribution in [0.15, 0.2) is 17.6 Å². The molecule has 0 saturated carbocycles. The number of H-pyrrole nitrogens is 1. The highest BCUT2D eigenvalue weighted by molar-refractivity contribution is 7.89. The molecule has 0 atom stereocenters. The topological polar surface area (TPSA) is 101 Å². The van der Waals surface area contributed by atoms with E-state index in [1.165, 1.54) is 19.6 Å². The number of aromatic amines is 1. The minimum Gasteiger partial charge on any atom is -0.469 e. The molecule has 1 heterocycles. The van der Waals surface area contributed by atoms with Gasteiger partial charge in [-0.2, -0.15) is 0 Å². The largest absolute Gasteiger partial charge is 0.469 e. The molecule has 0 saturated heterocycles. The van der Waals surface area contributed by atoms with Gasteiger partial charge in [0.05, 0.1) is 19.6 Å². The summed E-state index contributed by atoms with van der Waals surface area (Å²) in [7, 11) is -2.25. The van der Waals surface area contributed by atoms with E-state index in [1.54, 1.807) is 0 Å². The zero-order valence-electron chi connectivity index (χ0n) is 8.76. The normalized spacial score (nSPS) is 11.3. The first-order chi connectivity index (χ1) is 7.56. The molecule has 16 heavy (non-hydrogen) atoms. The molecule has 0 fully saturated rings. The van der Waals surface area contributed by atoms with Crippen molar-refractivity contribution in [1.29, 1.82) is 0 Å². The third-order valence-corrected chi connectivity index (χ3v) is 3.23. The first-order valence-electron chi connectivity index (χ1n) is 4.61. The molecule has 1 aromatic rings. The number of carbonyl (C=O) groups excluding carboxylic acids is 1. The van der Waals surface area contributed by atoms with Crippen molar-refractivity contribution in [3.05, 3.63) is 12.5 Å². The smallest absolute Gasteiger partial charge is 0.305 e. The Kier molecular flexibility index (Phi) is 4.44. The van der Waals surface area contributed by atoms with Gasteiger partial charge in [0.15, 0.2) is 5.03 Å². The molecule has 0 spiro atoms. The van der Waals surface area contributed by atoms with Gasteiger partial charge in [0, 0.05) is 13.0 Å². The monoisotopic (exact) mass is 247 g/mol. The van der Waals surface area contributed by atoms with Gasteiger partial charge in [0.2, 0.25) is 0 Å². The number of esters is 1. The predicted octanol–water partition coefficient (Wildman–Crippen LogP) is -0.359. The summed E-state index contributed by atoms with van der Waals surface area (Å²) in [6, 6.07) is 0. The Labute approximate surface area is 93.3 Å². The number of rotatable bonds is 6. The van der Waals surface area contributed by atoms with Crippen molar-refractivity contribution >= 4 is 16.0 Å². The molecule has 0 amide bonds. The molecule has 2 N–H and O–H groups in total. The molecule has 0 unspecified atom stereocenters. The van der Waals surface area contributed by atoms with E-state index < -0.39 is 10.0 Å². The van der Waals surface area contributed by atoms with E-state index in [1.807, 2.05) is 0 Å². The van der Waals surface area contributed by atoms with Gasteiger partial charge in [-0.25, -0.2) is 18.1 Å². The number of ether oxygens (including phenoxy) is 1. The van der Waals surface area contributed by atoms with E-state index in [4.69, 9.17) is 0 Å². The van der Waals surface area contributed by atoms with Crippen LogP contribution in [-0.2, 0) is 19.6 Å². The van der Waals surface area contributed by atoms with E-state index in [0.717, 1.165) is 0 Å². The SMILES string of the molecule is COC(=O)CCCNS(=O)(=O)c1cnc[nH]1. The van der Waals surface area contributed by atoms with Gasteiger partial charge >= 0.3 is 5.97 Å². The lowest BCUT2D eigenvalue weighted by Crippen LogP contribution is -2.25. The van der Waals surface area contributed by atoms with Crippen LogP contribution in [-0.4, -0.2) is 38.0 Å². The highest BCUT2D eigenvalue weighted by Gasteiger charge is 2.14. The fourth-order valence-corrected chi connectivity index (χ4v) is 1.99. The van der Waals surface area contributed by atoms with Gasteiger partial charge in [-0.1, -0.05) is 0 Å². The minimum absolute atomic E-state index is 0.00516. The van der Waals surface area contributed by atoms with Crippen LogP contribution < -0.4 is 4.72 Å². The summed E-state index contributed by atoms with van der Waals surface area (Å²) in [4.78, 5) is 16.8. The predicted molar refractivity (Wildman–Crippen MR) is 55.0 cm³/mol. The van der Waals surface area contributed by atoms with E-state index in [-0.39, 0.29) is 24.0 Å². The lowest BCUT2D eigenvalue weighted by Gasteiger charge is -2.03. The average Bonchev–Trinajstić information content (AvgIpc) is 2.78. The molecule has 0 aliphatic rings. The molecule has 1 aromatic heterocycles. The second-order valence-electron chi connectivity index (χ2n) is 2.99. The Morgan fingerprint density at radius 2 is 2.38 bits per heavy atom. The zero-order valence-corrected chi connectivity index (χ0v) is 9.58. The maximum atomic E-state index is 11.5. The number of aromatic nitrogens is 2. The number of sulfonamides is 1. The molecule has 0 radical (unpaired) electrons. The lowest BCUT2D eigenvalue weighted by molar-refractivity contribution is -0.140. The van der Waals surface area contributed by atoms with Crippen LogP contribution >= 0.6 is 0 Å². The third-order valence-electron chi connectivity index (χ3n) is 1.84. The molecule has 8 heteroatoms. The van der Waals surface area contributed by atoms with E-state index >= 15 is 0 Å². The van der Waals surface area contributed by atoms with Gasteiger partial charge in [-0.3, -0.25) is 4.79 Å². The van der Waals surface area contributed by atoms with Gasteiger partial charge in [0.1, 0.15) is 0 Å². The van der Waals surface area contributed by atoms with Crippen molar-refractivity contribution in [2.24, 2.45) is 0 Å². The van der Waals surface area contributed by atoms with Crippen LogP contribution in [0.5, 0.6) is 0 Å². The number of hydrogen-bond acceptors (Lipinski definition) is 5. The zero-order chi connectivity index (χ0) is 12.0. The second kappa shape index (κ2) is 5.61. The van der Waals surface area contributed by atoms with Crippen molar-refractivity contribution in [1.82, 2.24) is 14.7 Å². The Balaban J connectivity index is 2.36. The molecule has 1 rings (SSSR count). The summed E-state index contributed by atoms with van der Waals surface area (Å²) in [5.41, 5.74) is 0. The summed E-state index contributed by atoms with van der Waals surface area (Å²) >= 11 is 0. The number of nitrogens with one attached hydrogen (secondary N) is 2. The van der Waals surface area contributed by atoms with Crippen molar-refractivity contribution < 1.29 is 17.9 Å². The van der Waals surface area contributed by atoms with Crippen LogP contribution in [0.3, 0.4) is 0 Å². The highest BCUT2D eigenvalue weighted by atomic mass is 32.2. The number of imidazole rings is 1. The first kappa shape index (κ1) is 12.7. The van der Waals surface area contributed by atoms with Crippen molar-refractivity contribution in [3.8, 4) is 0 Å². The first-order valence-corrected chi connectivity index (χ1v) is 6.09. The molecule has 90 valence electrons. The molecule has 0 bridgehead atoms. The molecule has 0 aliphatic heterocycles. The standard InChI is InChI=1S/C8H13N3O4S/c1-15-8(12)3-2-4-11-16(13,14)7-5-9-6-10-7/h5-6,11H,2-4H2,1H3,(H,9,10). The van der Waals surface area contributed by atoms with Gasteiger partial charge in [-0.05, 0) is 6.42 Å². The summed E-state index contributed by atoms with van der Waals surface area (Å²) in [5, 5.41) is 0.00516. The van der Waals surface area contributed by atoms with E-state index in [2.05, 4.69) is 19.4 Å². The van der Waals surface area contributed by atoms with Crippen LogP contribution in [0, 0.1) is 0 Å². The Hall–Kier alpha value is -1.41. The third kappa shape index (κ3) is 3.63. The molecular formula is C8H13N3O4S. The lowest BCUT2D eigenvalue weighted by atomic mass is 10.3. The average molecular weight is 247 g/mol. The summed E-state index contributed by atoms with van der Waals surface area (Å²) in [6.07, 6.45) is 3.06. The van der Waals surface area contributed by atoms with Crippen molar-refractivity contribution in [3.63, 3.8) is 0 Å². The fraction of sp³-hybridized carbons (Fsp3) is 0.500. The number of methoxy groups -OCH3 is 1. The van der Waals surface area contributed by atoms with Crippen LogP contribution in [0.4, 0.5) is 0 Å². The number of nitrogens with zero attached hydrogens (tertiary/aromatic N) is 1. The molecule has 0 aromatic carbocycles. The summed E-state index contributed by atoms with van der Waals surface area (Å²) in [6.45, 7) is 0.177. The van der Waals surface area contributed by atoms with Crippen molar-refractivity contribution in [2.75, 3.05) is 13.7 Å². The van der Waals surface area contributed by atoms with Crippen molar-refractivity contribution in [2.45, 2.75) is 17.9 Å². The molecule has 0 aliphatic carbocycles. The quantitative estimate of drug-likeness (QED) is 0.528. The number of carbonyl (C=O) groups is 1. The Bertz CT molecular complexity index is 426. The van der Waals surface area contributed by atoms with Crippen LogP contribution in [0.25, 0.3) is 0 Å². The van der Waals surface area contributed by atoms with Gasteiger partial charge in [0.25, 0.3) is 10.0 Å². The van der Waals surface area contributed by atoms with E-state index in [0.29, 0.717) is 6.42 Å². The number of hydrogen-bond donors (Lipinski definition) is 2. The molecule has 7 nitrogen and oxygen atoms in total. The van der Waals surface area contributed by atoms with Crippen LogP contribution in [0.1, 0.15) is 12.8 Å². The summed E-state index contributed by atoms with van der Waals surface area (Å²) in [5.74, 6) is -0.360. The summed E-state index contributed by atoms with van der Waals surface area (Å²) < 4.78 is 29.8. The minimum atomic E-state index is -3.54.